The number of ether oxygens (including phenoxy) is 2. The molecule has 0 aliphatic heterocycles. The molecule has 0 aliphatic rings. The molecule has 7 aromatic rings. The lowest BCUT2D eigenvalue weighted by Gasteiger charge is -2.32. The summed E-state index contributed by atoms with van der Waals surface area (Å²) in [7, 11) is 0. The first kappa shape index (κ1) is 28.5. The summed E-state index contributed by atoms with van der Waals surface area (Å²) in [4.78, 5) is 4.45. The molecule has 46 heavy (non-hydrogen) atoms. The topological polar surface area (TPSA) is 24.9 Å². The third-order valence-corrected chi connectivity index (χ3v) is 7.52. The van der Waals surface area contributed by atoms with Crippen LogP contribution in [0.25, 0.3) is 0 Å². The van der Waals surface area contributed by atoms with Gasteiger partial charge in [0.2, 0.25) is 0 Å². The third-order valence-electron chi connectivity index (χ3n) is 7.52. The molecule has 4 heteroatoms. The van der Waals surface area contributed by atoms with Gasteiger partial charge in [0, 0.05) is 28.8 Å². The molecule has 7 rings (SSSR count). The zero-order valence-corrected chi connectivity index (χ0v) is 25.2. The second kappa shape index (κ2) is 13.6. The number of anilines is 6. The second-order valence-corrected chi connectivity index (χ2v) is 10.6. The van der Waals surface area contributed by atoms with Crippen LogP contribution in [-0.4, -0.2) is 0 Å². The SMILES string of the molecule is c1ccc(Oc2cc(Oc3ccccc3)c(N(c3ccccc3)c3ccccc3)cc2N(c2ccccc2)c2ccccc2)cc1. The van der Waals surface area contributed by atoms with E-state index < -0.39 is 0 Å². The Hall–Kier alpha value is -6.26. The Morgan fingerprint density at radius 2 is 0.543 bits per heavy atom. The van der Waals surface area contributed by atoms with Crippen molar-refractivity contribution in [2.45, 2.75) is 0 Å². The molecule has 0 bridgehead atoms. The van der Waals surface area contributed by atoms with Gasteiger partial charge in [0.15, 0.2) is 11.5 Å². The van der Waals surface area contributed by atoms with Crippen LogP contribution in [0.1, 0.15) is 0 Å². The highest BCUT2D eigenvalue weighted by atomic mass is 16.5. The Bertz CT molecular complexity index is 1750. The number of nitrogens with zero attached hydrogens (tertiary/aromatic N) is 2. The monoisotopic (exact) mass is 596 g/mol. The first-order valence-corrected chi connectivity index (χ1v) is 15.3. The molecule has 7 aromatic carbocycles. The van der Waals surface area contributed by atoms with Crippen LogP contribution in [0.3, 0.4) is 0 Å². The van der Waals surface area contributed by atoms with E-state index in [-0.39, 0.29) is 0 Å². The van der Waals surface area contributed by atoms with E-state index in [1.54, 1.807) is 0 Å². The summed E-state index contributed by atoms with van der Waals surface area (Å²) in [5.41, 5.74) is 5.71. The molecule has 0 amide bonds. The number of hydrogen-bond donors (Lipinski definition) is 0. The number of para-hydroxylation sites is 6. The Balaban J connectivity index is 1.53. The molecule has 0 spiro atoms. The summed E-state index contributed by atoms with van der Waals surface area (Å²) < 4.78 is 13.4. The summed E-state index contributed by atoms with van der Waals surface area (Å²) >= 11 is 0. The fourth-order valence-electron chi connectivity index (χ4n) is 5.45. The first-order valence-electron chi connectivity index (χ1n) is 15.3. The van der Waals surface area contributed by atoms with Crippen molar-refractivity contribution in [3.05, 3.63) is 194 Å². The third kappa shape index (κ3) is 6.33. The van der Waals surface area contributed by atoms with Crippen LogP contribution in [-0.2, 0) is 0 Å². The van der Waals surface area contributed by atoms with E-state index in [0.717, 1.165) is 45.6 Å². The lowest BCUT2D eigenvalue weighted by atomic mass is 10.1. The standard InChI is InChI=1S/C42H32N2O2/c1-7-19-33(20-8-1)43(34-21-9-2-10-22-34)39-31-40(44(35-23-11-3-12-24-35)36-25-13-4-14-26-36)42(46-38-29-17-6-18-30-38)32-41(39)45-37-27-15-5-16-28-37/h1-32H. The molecule has 4 nitrogen and oxygen atoms in total. The van der Waals surface area contributed by atoms with Crippen molar-refractivity contribution in [1.29, 1.82) is 0 Å². The van der Waals surface area contributed by atoms with Gasteiger partial charge in [-0.2, -0.15) is 0 Å². The van der Waals surface area contributed by atoms with Gasteiger partial charge < -0.3 is 19.3 Å². The zero-order chi connectivity index (χ0) is 31.0. The van der Waals surface area contributed by atoms with E-state index >= 15 is 0 Å². The van der Waals surface area contributed by atoms with E-state index in [4.69, 9.17) is 9.47 Å². The van der Waals surface area contributed by atoms with Gasteiger partial charge in [-0.1, -0.05) is 109 Å². The smallest absolute Gasteiger partial charge is 0.155 e. The molecule has 0 fully saturated rings. The molecule has 222 valence electrons. The van der Waals surface area contributed by atoms with Crippen molar-refractivity contribution in [3.8, 4) is 23.0 Å². The van der Waals surface area contributed by atoms with Crippen molar-refractivity contribution < 1.29 is 9.47 Å². The normalized spacial score (nSPS) is 10.6. The lowest BCUT2D eigenvalue weighted by molar-refractivity contribution is 0.462. The predicted molar refractivity (Wildman–Crippen MR) is 189 cm³/mol. The summed E-state index contributed by atoms with van der Waals surface area (Å²) in [6, 6.07) is 65.3. The second-order valence-electron chi connectivity index (χ2n) is 10.6. The van der Waals surface area contributed by atoms with Crippen LogP contribution in [0, 0.1) is 0 Å². The predicted octanol–water partition coefficient (Wildman–Crippen LogP) is 12.2. The van der Waals surface area contributed by atoms with Crippen molar-refractivity contribution in [3.63, 3.8) is 0 Å². The molecule has 0 saturated heterocycles. The van der Waals surface area contributed by atoms with Crippen molar-refractivity contribution in [2.75, 3.05) is 9.80 Å². The van der Waals surface area contributed by atoms with Gasteiger partial charge in [-0.05, 0) is 78.9 Å². The highest BCUT2D eigenvalue weighted by Gasteiger charge is 2.25. The quantitative estimate of drug-likeness (QED) is 0.157. The number of benzene rings is 7. The van der Waals surface area contributed by atoms with Gasteiger partial charge in [-0.15, -0.1) is 0 Å². The summed E-state index contributed by atoms with van der Waals surface area (Å²) in [5.74, 6) is 2.75. The minimum atomic E-state index is 0.648. The molecule has 0 saturated carbocycles. The molecule has 0 heterocycles. The Kier molecular flexibility index (Phi) is 8.42. The molecule has 0 atom stereocenters. The Labute approximate surface area is 270 Å². The molecule has 0 N–H and O–H groups in total. The molecule has 0 aliphatic carbocycles. The Morgan fingerprint density at radius 3 is 0.826 bits per heavy atom. The van der Waals surface area contributed by atoms with Crippen LogP contribution in [0.15, 0.2) is 194 Å². The van der Waals surface area contributed by atoms with E-state index in [0.29, 0.717) is 11.5 Å². The average Bonchev–Trinajstić information content (AvgIpc) is 3.13. The van der Waals surface area contributed by atoms with Gasteiger partial charge in [0.25, 0.3) is 0 Å². The highest BCUT2D eigenvalue weighted by Crippen LogP contribution is 2.51. The maximum absolute atomic E-state index is 6.72. The van der Waals surface area contributed by atoms with Gasteiger partial charge in [0.1, 0.15) is 11.5 Å². The van der Waals surface area contributed by atoms with E-state index in [1.807, 2.05) is 91.0 Å². The van der Waals surface area contributed by atoms with E-state index in [9.17, 15) is 0 Å². The van der Waals surface area contributed by atoms with Gasteiger partial charge >= 0.3 is 0 Å². The van der Waals surface area contributed by atoms with E-state index in [1.165, 1.54) is 0 Å². The van der Waals surface area contributed by atoms with Crippen LogP contribution in [0.4, 0.5) is 34.1 Å². The minimum Gasteiger partial charge on any atom is -0.455 e. The van der Waals surface area contributed by atoms with Crippen LogP contribution in [0.2, 0.25) is 0 Å². The highest BCUT2D eigenvalue weighted by molar-refractivity contribution is 5.89. The number of rotatable bonds is 10. The van der Waals surface area contributed by atoms with Gasteiger partial charge in [0.05, 0.1) is 11.4 Å². The van der Waals surface area contributed by atoms with Crippen molar-refractivity contribution in [2.24, 2.45) is 0 Å². The zero-order valence-electron chi connectivity index (χ0n) is 25.2. The maximum atomic E-state index is 6.72. The minimum absolute atomic E-state index is 0.648. The van der Waals surface area contributed by atoms with Crippen LogP contribution >= 0.6 is 0 Å². The number of hydrogen-bond acceptors (Lipinski definition) is 4. The average molecular weight is 597 g/mol. The molecule has 0 unspecified atom stereocenters. The van der Waals surface area contributed by atoms with Crippen molar-refractivity contribution in [1.82, 2.24) is 0 Å². The fourth-order valence-corrected chi connectivity index (χ4v) is 5.45. The Morgan fingerprint density at radius 1 is 0.283 bits per heavy atom. The van der Waals surface area contributed by atoms with Gasteiger partial charge in [-0.25, -0.2) is 0 Å². The van der Waals surface area contributed by atoms with Crippen LogP contribution in [0.5, 0.6) is 23.0 Å². The molecule has 0 aromatic heterocycles. The van der Waals surface area contributed by atoms with Crippen molar-refractivity contribution >= 4 is 34.1 Å². The largest absolute Gasteiger partial charge is 0.455 e. The van der Waals surface area contributed by atoms with Gasteiger partial charge in [-0.3, -0.25) is 0 Å². The summed E-state index contributed by atoms with van der Waals surface area (Å²) in [6.07, 6.45) is 0. The lowest BCUT2D eigenvalue weighted by Crippen LogP contribution is -2.15. The molecular formula is C42H32N2O2. The van der Waals surface area contributed by atoms with Crippen LogP contribution < -0.4 is 19.3 Å². The molecule has 0 radical (unpaired) electrons. The maximum Gasteiger partial charge on any atom is 0.155 e. The fraction of sp³-hybridized carbons (Fsp3) is 0. The summed E-state index contributed by atoms with van der Waals surface area (Å²) in [5, 5.41) is 0. The van der Waals surface area contributed by atoms with E-state index in [2.05, 4.69) is 113 Å². The first-order chi connectivity index (χ1) is 22.8. The molecular weight excluding hydrogens is 564 g/mol. The summed E-state index contributed by atoms with van der Waals surface area (Å²) in [6.45, 7) is 0.